The van der Waals surface area contributed by atoms with Gasteiger partial charge in [-0.1, -0.05) is 0 Å². The van der Waals surface area contributed by atoms with Crippen LogP contribution in [-0.4, -0.2) is 48.4 Å². The fourth-order valence-corrected chi connectivity index (χ4v) is 2.25. The fourth-order valence-electron chi connectivity index (χ4n) is 2.25. The van der Waals surface area contributed by atoms with Crippen LogP contribution in [0.4, 0.5) is 0 Å². The van der Waals surface area contributed by atoms with Crippen molar-refractivity contribution < 1.29 is 33.3 Å². The molecule has 1 rings (SSSR count). The Bertz CT molecular complexity index is 364. The molecule has 0 bridgehead atoms. The Balaban J connectivity index is 3.01. The first-order valence-corrected chi connectivity index (χ1v) is 6.39. The minimum Gasteiger partial charge on any atom is -0.456 e. The molecule has 1 aliphatic rings. The van der Waals surface area contributed by atoms with Gasteiger partial charge < -0.3 is 18.9 Å². The second-order valence-corrected chi connectivity index (χ2v) is 4.77. The lowest BCUT2D eigenvalue weighted by Crippen LogP contribution is -2.59. The summed E-state index contributed by atoms with van der Waals surface area (Å²) in [6.45, 7) is 7.13. The molecule has 20 heavy (non-hydrogen) atoms. The lowest BCUT2D eigenvalue weighted by Gasteiger charge is -2.42. The molecule has 0 N–H and O–H groups in total. The van der Waals surface area contributed by atoms with Gasteiger partial charge in [0.15, 0.2) is 18.3 Å². The zero-order chi connectivity index (χ0) is 15.4. The van der Waals surface area contributed by atoms with Gasteiger partial charge in [-0.3, -0.25) is 14.4 Å². The second-order valence-electron chi connectivity index (χ2n) is 4.77. The number of carbonyl (C=O) groups is 3. The average Bonchev–Trinajstić information content (AvgIpc) is 2.27. The van der Waals surface area contributed by atoms with E-state index in [2.05, 4.69) is 0 Å². The molecule has 0 aliphatic carbocycles. The predicted octanol–water partition coefficient (Wildman–Crippen LogP) is 0.589. The molecule has 5 atom stereocenters. The first-order chi connectivity index (χ1) is 9.22. The third kappa shape index (κ3) is 4.19. The Morgan fingerprint density at radius 1 is 0.700 bits per heavy atom. The molecule has 0 radical (unpaired) electrons. The molecule has 0 spiro atoms. The molecule has 1 heterocycles. The normalized spacial score (nSPS) is 33.1. The third-order valence-corrected chi connectivity index (χ3v) is 2.91. The molecule has 1 aliphatic heterocycles. The molecule has 7 heteroatoms. The van der Waals surface area contributed by atoms with Gasteiger partial charge in [-0.15, -0.1) is 0 Å². The summed E-state index contributed by atoms with van der Waals surface area (Å²) in [5, 5.41) is 0. The highest BCUT2D eigenvalue weighted by molar-refractivity contribution is 5.68. The molecule has 0 aromatic heterocycles. The summed E-state index contributed by atoms with van der Waals surface area (Å²) < 4.78 is 21.1. The summed E-state index contributed by atoms with van der Waals surface area (Å²) >= 11 is 0. The first kappa shape index (κ1) is 16.4. The fraction of sp³-hybridized carbons (Fsp3) is 0.769. The van der Waals surface area contributed by atoms with Crippen LogP contribution < -0.4 is 0 Å². The van der Waals surface area contributed by atoms with Gasteiger partial charge in [-0.05, 0) is 13.8 Å². The van der Waals surface area contributed by atoms with E-state index in [4.69, 9.17) is 18.9 Å². The zero-order valence-corrected chi connectivity index (χ0v) is 12.2. The SMILES string of the molecule is CC(=O)OC1C(OC(C)=O)[C@@H](C)OC(C)[C@H]1OC(C)=O. The molecule has 0 amide bonds. The molecule has 7 nitrogen and oxygen atoms in total. The van der Waals surface area contributed by atoms with Gasteiger partial charge in [0, 0.05) is 20.8 Å². The summed E-state index contributed by atoms with van der Waals surface area (Å²) in [5.41, 5.74) is 0. The van der Waals surface area contributed by atoms with E-state index in [1.807, 2.05) is 0 Å². The predicted molar refractivity (Wildman–Crippen MR) is 66.7 cm³/mol. The Labute approximate surface area is 117 Å². The van der Waals surface area contributed by atoms with Crippen molar-refractivity contribution >= 4 is 17.9 Å². The summed E-state index contributed by atoms with van der Waals surface area (Å²) in [4.78, 5) is 33.6. The van der Waals surface area contributed by atoms with Crippen LogP contribution in [-0.2, 0) is 33.3 Å². The van der Waals surface area contributed by atoms with E-state index in [1.165, 1.54) is 20.8 Å². The molecule has 0 aromatic carbocycles. The van der Waals surface area contributed by atoms with Crippen LogP contribution in [0.15, 0.2) is 0 Å². The maximum Gasteiger partial charge on any atom is 0.303 e. The Morgan fingerprint density at radius 3 is 1.30 bits per heavy atom. The van der Waals surface area contributed by atoms with Crippen LogP contribution in [0, 0.1) is 0 Å². The van der Waals surface area contributed by atoms with E-state index in [0.29, 0.717) is 0 Å². The van der Waals surface area contributed by atoms with Gasteiger partial charge in [0.05, 0.1) is 12.2 Å². The maximum absolute atomic E-state index is 11.2. The highest BCUT2D eigenvalue weighted by atomic mass is 16.6. The largest absolute Gasteiger partial charge is 0.456 e. The van der Waals surface area contributed by atoms with Gasteiger partial charge in [0.1, 0.15) is 0 Å². The molecular formula is C13H20O7. The highest BCUT2D eigenvalue weighted by Crippen LogP contribution is 2.28. The van der Waals surface area contributed by atoms with Crippen molar-refractivity contribution in [2.45, 2.75) is 65.1 Å². The van der Waals surface area contributed by atoms with E-state index in [0.717, 1.165) is 0 Å². The second kappa shape index (κ2) is 6.69. The number of hydrogen-bond acceptors (Lipinski definition) is 7. The van der Waals surface area contributed by atoms with Gasteiger partial charge >= 0.3 is 17.9 Å². The Hall–Kier alpha value is -1.63. The van der Waals surface area contributed by atoms with Crippen LogP contribution in [0.3, 0.4) is 0 Å². The van der Waals surface area contributed by atoms with E-state index >= 15 is 0 Å². The van der Waals surface area contributed by atoms with Crippen LogP contribution in [0.5, 0.6) is 0 Å². The third-order valence-electron chi connectivity index (χ3n) is 2.91. The molecule has 114 valence electrons. The standard InChI is InChI=1S/C13H20O7/c1-6-11(18-8(3)14)13(20-10(5)16)12(7(2)17-6)19-9(4)15/h6-7,11-13H,1-5H3/t6-,7?,11?,12-,13?/m1/s1. The van der Waals surface area contributed by atoms with E-state index in [-0.39, 0.29) is 0 Å². The van der Waals surface area contributed by atoms with E-state index < -0.39 is 48.4 Å². The summed E-state index contributed by atoms with van der Waals surface area (Å²) in [5.74, 6) is -1.61. The van der Waals surface area contributed by atoms with Crippen molar-refractivity contribution in [1.29, 1.82) is 0 Å². The topological polar surface area (TPSA) is 88.1 Å². The average molecular weight is 288 g/mol. The molecule has 1 saturated heterocycles. The quantitative estimate of drug-likeness (QED) is 0.554. The smallest absolute Gasteiger partial charge is 0.303 e. The first-order valence-electron chi connectivity index (χ1n) is 6.39. The van der Waals surface area contributed by atoms with Crippen molar-refractivity contribution in [3.05, 3.63) is 0 Å². The van der Waals surface area contributed by atoms with E-state index in [1.54, 1.807) is 13.8 Å². The maximum atomic E-state index is 11.2. The summed E-state index contributed by atoms with van der Waals surface area (Å²) in [6.07, 6.45) is -3.50. The van der Waals surface area contributed by atoms with Gasteiger partial charge in [-0.25, -0.2) is 0 Å². The van der Waals surface area contributed by atoms with Gasteiger partial charge in [0.25, 0.3) is 0 Å². The van der Waals surface area contributed by atoms with Crippen LogP contribution in [0.1, 0.15) is 34.6 Å². The van der Waals surface area contributed by atoms with Crippen LogP contribution >= 0.6 is 0 Å². The number of esters is 3. The highest BCUT2D eigenvalue weighted by Gasteiger charge is 2.48. The number of carbonyl (C=O) groups excluding carboxylic acids is 3. The minimum absolute atomic E-state index is 0.481. The van der Waals surface area contributed by atoms with E-state index in [9.17, 15) is 14.4 Å². The van der Waals surface area contributed by atoms with Gasteiger partial charge in [0.2, 0.25) is 0 Å². The Morgan fingerprint density at radius 2 is 1.00 bits per heavy atom. The van der Waals surface area contributed by atoms with Crippen molar-refractivity contribution in [1.82, 2.24) is 0 Å². The molecule has 3 unspecified atom stereocenters. The zero-order valence-electron chi connectivity index (χ0n) is 12.2. The van der Waals surface area contributed by atoms with Crippen molar-refractivity contribution in [2.75, 3.05) is 0 Å². The lowest BCUT2D eigenvalue weighted by atomic mass is 9.95. The monoisotopic (exact) mass is 288 g/mol. The molecule has 0 saturated carbocycles. The summed E-state index contributed by atoms with van der Waals surface area (Å²) in [6, 6.07) is 0. The minimum atomic E-state index is -0.890. The molecule has 1 fully saturated rings. The number of ether oxygens (including phenoxy) is 4. The lowest BCUT2D eigenvalue weighted by molar-refractivity contribution is -0.240. The Kier molecular flexibility index (Phi) is 5.50. The van der Waals surface area contributed by atoms with Crippen LogP contribution in [0.2, 0.25) is 0 Å². The molecular weight excluding hydrogens is 268 g/mol. The van der Waals surface area contributed by atoms with Crippen molar-refractivity contribution in [3.63, 3.8) is 0 Å². The van der Waals surface area contributed by atoms with Gasteiger partial charge in [-0.2, -0.15) is 0 Å². The number of rotatable bonds is 3. The summed E-state index contributed by atoms with van der Waals surface area (Å²) in [7, 11) is 0. The van der Waals surface area contributed by atoms with Crippen molar-refractivity contribution in [3.8, 4) is 0 Å². The molecule has 0 aromatic rings. The number of hydrogen-bond donors (Lipinski definition) is 0. The van der Waals surface area contributed by atoms with Crippen molar-refractivity contribution in [2.24, 2.45) is 0 Å². The van der Waals surface area contributed by atoms with Crippen LogP contribution in [0.25, 0.3) is 0 Å².